The molecule has 2 fully saturated rings. The van der Waals surface area contributed by atoms with Crippen molar-refractivity contribution < 1.29 is 9.47 Å². The molecule has 110 valence electrons. The Bertz CT molecular complexity index is 419. The van der Waals surface area contributed by atoms with Gasteiger partial charge in [0.25, 0.3) is 0 Å². The molecule has 0 unspecified atom stereocenters. The lowest BCUT2D eigenvalue weighted by atomic mass is 9.72. The lowest BCUT2D eigenvalue weighted by Gasteiger charge is -2.46. The molecule has 0 spiro atoms. The van der Waals surface area contributed by atoms with Gasteiger partial charge >= 0.3 is 0 Å². The van der Waals surface area contributed by atoms with Crippen LogP contribution in [0.2, 0.25) is 0 Å². The van der Waals surface area contributed by atoms with E-state index in [0.717, 1.165) is 38.0 Å². The van der Waals surface area contributed by atoms with Gasteiger partial charge in [-0.3, -0.25) is 0 Å². The molecule has 1 aromatic rings. The number of ether oxygens (including phenoxy) is 2. The predicted molar refractivity (Wildman–Crippen MR) is 79.9 cm³/mol. The Labute approximate surface area is 121 Å². The fourth-order valence-corrected chi connectivity index (χ4v) is 3.58. The van der Waals surface area contributed by atoms with Crippen LogP contribution in [0, 0.1) is 11.3 Å². The normalized spacial score (nSPS) is 21.6. The third-order valence-electron chi connectivity index (χ3n) is 4.97. The third kappa shape index (κ3) is 2.84. The molecule has 0 amide bonds. The molecule has 1 aromatic carbocycles. The highest BCUT2D eigenvalue weighted by molar-refractivity contribution is 5.27. The van der Waals surface area contributed by atoms with Crippen LogP contribution in [0.25, 0.3) is 0 Å². The van der Waals surface area contributed by atoms with Crippen molar-refractivity contribution in [1.82, 2.24) is 5.32 Å². The maximum Gasteiger partial charge on any atom is 0.118 e. The van der Waals surface area contributed by atoms with Crippen LogP contribution in [0.3, 0.4) is 0 Å². The van der Waals surface area contributed by atoms with Gasteiger partial charge < -0.3 is 14.8 Å². The molecule has 1 saturated carbocycles. The average molecular weight is 275 g/mol. The lowest BCUT2D eigenvalue weighted by molar-refractivity contribution is -0.142. The summed E-state index contributed by atoms with van der Waals surface area (Å²) in [4.78, 5) is 0. The zero-order valence-corrected chi connectivity index (χ0v) is 12.4. The van der Waals surface area contributed by atoms with Gasteiger partial charge in [0.05, 0.1) is 20.3 Å². The SMILES string of the molecule is COc1ccc(CNCC2(C3CCCC3)COC2)cc1. The number of rotatable bonds is 6. The van der Waals surface area contributed by atoms with E-state index in [1.165, 1.54) is 31.2 Å². The molecule has 0 radical (unpaired) electrons. The van der Waals surface area contributed by atoms with Crippen LogP contribution in [-0.4, -0.2) is 26.9 Å². The first-order chi connectivity index (χ1) is 9.82. The molecule has 3 heteroatoms. The summed E-state index contributed by atoms with van der Waals surface area (Å²) in [6.45, 7) is 3.92. The third-order valence-corrected chi connectivity index (χ3v) is 4.97. The van der Waals surface area contributed by atoms with Crippen molar-refractivity contribution in [2.24, 2.45) is 11.3 Å². The highest BCUT2D eigenvalue weighted by Gasteiger charge is 2.45. The van der Waals surface area contributed by atoms with Crippen molar-refractivity contribution in [3.05, 3.63) is 29.8 Å². The first kappa shape index (κ1) is 13.9. The van der Waals surface area contributed by atoms with Crippen molar-refractivity contribution >= 4 is 0 Å². The molecular weight excluding hydrogens is 250 g/mol. The second-order valence-electron chi connectivity index (χ2n) is 6.29. The summed E-state index contributed by atoms with van der Waals surface area (Å²) in [6.07, 6.45) is 5.61. The Kier molecular flexibility index (Phi) is 4.27. The van der Waals surface area contributed by atoms with E-state index in [0.29, 0.717) is 5.41 Å². The summed E-state index contributed by atoms with van der Waals surface area (Å²) in [5, 5.41) is 3.64. The van der Waals surface area contributed by atoms with Gasteiger partial charge in [-0.1, -0.05) is 25.0 Å². The summed E-state index contributed by atoms with van der Waals surface area (Å²) in [6, 6.07) is 8.31. The van der Waals surface area contributed by atoms with E-state index >= 15 is 0 Å². The van der Waals surface area contributed by atoms with Crippen molar-refractivity contribution in [1.29, 1.82) is 0 Å². The number of hydrogen-bond acceptors (Lipinski definition) is 3. The molecule has 3 rings (SSSR count). The van der Waals surface area contributed by atoms with E-state index in [1.807, 2.05) is 12.1 Å². The van der Waals surface area contributed by atoms with Crippen molar-refractivity contribution in [2.75, 3.05) is 26.9 Å². The molecule has 1 heterocycles. The molecule has 20 heavy (non-hydrogen) atoms. The average Bonchev–Trinajstić information content (AvgIpc) is 2.97. The zero-order valence-electron chi connectivity index (χ0n) is 12.4. The largest absolute Gasteiger partial charge is 0.497 e. The molecule has 1 saturated heterocycles. The number of hydrogen-bond donors (Lipinski definition) is 1. The highest BCUT2D eigenvalue weighted by atomic mass is 16.5. The maximum atomic E-state index is 5.53. The van der Waals surface area contributed by atoms with Gasteiger partial charge in [0, 0.05) is 18.5 Å². The number of nitrogens with one attached hydrogen (secondary N) is 1. The van der Waals surface area contributed by atoms with Crippen molar-refractivity contribution in [3.63, 3.8) is 0 Å². The van der Waals surface area contributed by atoms with Crippen LogP contribution in [0.15, 0.2) is 24.3 Å². The molecule has 1 aliphatic carbocycles. The van der Waals surface area contributed by atoms with Crippen LogP contribution in [-0.2, 0) is 11.3 Å². The number of methoxy groups -OCH3 is 1. The standard InChI is InChI=1S/C17H25NO2/c1-19-16-8-6-14(7-9-16)10-18-11-17(12-20-13-17)15-4-2-3-5-15/h6-9,15,18H,2-5,10-13H2,1H3. The van der Waals surface area contributed by atoms with Crippen LogP contribution in [0.1, 0.15) is 31.2 Å². The van der Waals surface area contributed by atoms with E-state index in [1.54, 1.807) is 7.11 Å². The van der Waals surface area contributed by atoms with Crippen LogP contribution >= 0.6 is 0 Å². The molecule has 0 aromatic heterocycles. The quantitative estimate of drug-likeness (QED) is 0.865. The summed E-state index contributed by atoms with van der Waals surface area (Å²) in [5.41, 5.74) is 1.73. The van der Waals surface area contributed by atoms with Crippen molar-refractivity contribution in [2.45, 2.75) is 32.2 Å². The van der Waals surface area contributed by atoms with E-state index < -0.39 is 0 Å². The van der Waals surface area contributed by atoms with Gasteiger partial charge in [-0.05, 0) is 36.5 Å². The summed E-state index contributed by atoms with van der Waals surface area (Å²) < 4.78 is 10.7. The Hall–Kier alpha value is -1.06. The molecule has 2 aliphatic rings. The maximum absolute atomic E-state index is 5.53. The van der Waals surface area contributed by atoms with E-state index in [-0.39, 0.29) is 0 Å². The van der Waals surface area contributed by atoms with Gasteiger partial charge in [-0.25, -0.2) is 0 Å². The topological polar surface area (TPSA) is 30.5 Å². The predicted octanol–water partition coefficient (Wildman–Crippen LogP) is 2.99. The van der Waals surface area contributed by atoms with E-state index in [9.17, 15) is 0 Å². The minimum Gasteiger partial charge on any atom is -0.497 e. The fourth-order valence-electron chi connectivity index (χ4n) is 3.58. The van der Waals surface area contributed by atoms with E-state index in [4.69, 9.17) is 9.47 Å². The van der Waals surface area contributed by atoms with Gasteiger partial charge in [0.1, 0.15) is 5.75 Å². The second kappa shape index (κ2) is 6.15. The first-order valence-corrected chi connectivity index (χ1v) is 7.74. The van der Waals surface area contributed by atoms with Crippen molar-refractivity contribution in [3.8, 4) is 5.75 Å². The first-order valence-electron chi connectivity index (χ1n) is 7.74. The van der Waals surface area contributed by atoms with Gasteiger partial charge in [-0.2, -0.15) is 0 Å². The van der Waals surface area contributed by atoms with Crippen LogP contribution in [0.4, 0.5) is 0 Å². The highest BCUT2D eigenvalue weighted by Crippen LogP contribution is 2.44. The zero-order chi connectivity index (χ0) is 13.8. The Balaban J connectivity index is 1.50. The lowest BCUT2D eigenvalue weighted by Crippen LogP contribution is -2.53. The molecule has 0 atom stereocenters. The molecule has 1 aliphatic heterocycles. The van der Waals surface area contributed by atoms with Crippen LogP contribution < -0.4 is 10.1 Å². The van der Waals surface area contributed by atoms with Crippen LogP contribution in [0.5, 0.6) is 5.75 Å². The Morgan fingerprint density at radius 3 is 2.45 bits per heavy atom. The molecule has 3 nitrogen and oxygen atoms in total. The smallest absolute Gasteiger partial charge is 0.118 e. The summed E-state index contributed by atoms with van der Waals surface area (Å²) in [5.74, 6) is 1.79. The second-order valence-corrected chi connectivity index (χ2v) is 6.29. The fraction of sp³-hybridized carbons (Fsp3) is 0.647. The number of benzene rings is 1. The van der Waals surface area contributed by atoms with E-state index in [2.05, 4.69) is 17.4 Å². The summed E-state index contributed by atoms with van der Waals surface area (Å²) >= 11 is 0. The van der Waals surface area contributed by atoms with Gasteiger partial charge in [0.15, 0.2) is 0 Å². The van der Waals surface area contributed by atoms with Gasteiger partial charge in [-0.15, -0.1) is 0 Å². The molecule has 1 N–H and O–H groups in total. The molecule has 0 bridgehead atoms. The molecular formula is C17H25NO2. The van der Waals surface area contributed by atoms with Gasteiger partial charge in [0.2, 0.25) is 0 Å². The Morgan fingerprint density at radius 1 is 1.20 bits per heavy atom. The minimum atomic E-state index is 0.420. The summed E-state index contributed by atoms with van der Waals surface area (Å²) in [7, 11) is 1.70. The Morgan fingerprint density at radius 2 is 1.90 bits per heavy atom. The monoisotopic (exact) mass is 275 g/mol. The minimum absolute atomic E-state index is 0.420.